The maximum absolute atomic E-state index is 9.12. The van der Waals surface area contributed by atoms with Crippen LogP contribution in [0, 0.1) is 11.3 Å². The first-order valence-electron chi connectivity index (χ1n) is 5.06. The van der Waals surface area contributed by atoms with Crippen LogP contribution in [0.1, 0.15) is 19.4 Å². The van der Waals surface area contributed by atoms with Gasteiger partial charge < -0.3 is 9.47 Å². The smallest absolute Gasteiger partial charge is 0.129 e. The third-order valence-electron chi connectivity index (χ3n) is 2.46. The second kappa shape index (κ2) is 3.57. The Morgan fingerprint density at radius 1 is 1.38 bits per heavy atom. The third-order valence-corrected chi connectivity index (χ3v) is 2.46. The van der Waals surface area contributed by atoms with Gasteiger partial charge in [0.15, 0.2) is 0 Å². The molecule has 0 saturated carbocycles. The molecule has 0 fully saturated rings. The minimum absolute atomic E-state index is 0.438. The van der Waals surface area contributed by atoms with E-state index in [0.29, 0.717) is 5.57 Å². The first kappa shape index (κ1) is 10.6. The number of ether oxygens (including phenoxy) is 2. The van der Waals surface area contributed by atoms with Gasteiger partial charge in [-0.3, -0.25) is 0 Å². The van der Waals surface area contributed by atoms with E-state index in [1.807, 2.05) is 38.1 Å². The van der Waals surface area contributed by atoms with E-state index in [1.54, 1.807) is 7.11 Å². The van der Waals surface area contributed by atoms with E-state index in [9.17, 15) is 0 Å². The topological polar surface area (TPSA) is 42.2 Å². The standard InChI is InChI=1S/C13H13NO2/c1-13(2)7-9(8-14)11-6-10(15-3)4-5-12(11)16-13/h4-7H,1-3H3. The number of nitrogens with zero attached hydrogens (tertiary/aromatic N) is 1. The van der Waals surface area contributed by atoms with Gasteiger partial charge in [-0.25, -0.2) is 0 Å². The maximum Gasteiger partial charge on any atom is 0.129 e. The molecule has 0 unspecified atom stereocenters. The highest BCUT2D eigenvalue weighted by Gasteiger charge is 2.26. The Hall–Kier alpha value is -1.95. The molecule has 1 aliphatic heterocycles. The monoisotopic (exact) mass is 215 g/mol. The molecule has 0 amide bonds. The summed E-state index contributed by atoms with van der Waals surface area (Å²) >= 11 is 0. The van der Waals surface area contributed by atoms with Gasteiger partial charge in [0.2, 0.25) is 0 Å². The molecular weight excluding hydrogens is 202 g/mol. The average Bonchev–Trinajstić information content (AvgIpc) is 2.26. The highest BCUT2D eigenvalue weighted by molar-refractivity contribution is 5.82. The van der Waals surface area contributed by atoms with Gasteiger partial charge in [0.25, 0.3) is 0 Å². The van der Waals surface area contributed by atoms with Crippen LogP contribution in [-0.2, 0) is 0 Å². The first-order chi connectivity index (χ1) is 7.55. The van der Waals surface area contributed by atoms with Crippen molar-refractivity contribution >= 4 is 5.57 Å². The van der Waals surface area contributed by atoms with Crippen molar-refractivity contribution in [2.45, 2.75) is 19.4 Å². The van der Waals surface area contributed by atoms with Crippen molar-refractivity contribution in [1.29, 1.82) is 5.26 Å². The molecule has 82 valence electrons. The Bertz CT molecular complexity index is 495. The Morgan fingerprint density at radius 3 is 2.75 bits per heavy atom. The van der Waals surface area contributed by atoms with E-state index in [2.05, 4.69) is 6.07 Å². The van der Waals surface area contributed by atoms with Gasteiger partial charge in [-0.15, -0.1) is 0 Å². The molecule has 3 nitrogen and oxygen atoms in total. The lowest BCUT2D eigenvalue weighted by Crippen LogP contribution is -2.28. The molecule has 1 heterocycles. The van der Waals surface area contributed by atoms with Gasteiger partial charge >= 0.3 is 0 Å². The number of hydrogen-bond donors (Lipinski definition) is 0. The fourth-order valence-electron chi connectivity index (χ4n) is 1.77. The molecule has 0 aromatic heterocycles. The molecule has 1 aliphatic rings. The zero-order valence-corrected chi connectivity index (χ0v) is 9.57. The van der Waals surface area contributed by atoms with Crippen molar-refractivity contribution < 1.29 is 9.47 Å². The van der Waals surface area contributed by atoms with E-state index in [4.69, 9.17) is 14.7 Å². The third kappa shape index (κ3) is 1.74. The molecule has 0 atom stereocenters. The zero-order valence-electron chi connectivity index (χ0n) is 9.57. The fourth-order valence-corrected chi connectivity index (χ4v) is 1.77. The number of fused-ring (bicyclic) bond motifs is 1. The lowest BCUT2D eigenvalue weighted by molar-refractivity contribution is 0.158. The lowest BCUT2D eigenvalue weighted by atomic mass is 9.95. The van der Waals surface area contributed by atoms with Crippen molar-refractivity contribution in [2.24, 2.45) is 0 Å². The summed E-state index contributed by atoms with van der Waals surface area (Å²) in [7, 11) is 1.60. The molecule has 0 N–H and O–H groups in total. The van der Waals surface area contributed by atoms with Gasteiger partial charge in [0, 0.05) is 5.56 Å². The number of methoxy groups -OCH3 is 1. The molecular formula is C13H13NO2. The SMILES string of the molecule is COc1ccc2c(c1)C(C#N)=CC(C)(C)O2. The number of allylic oxidation sites excluding steroid dienone is 1. The maximum atomic E-state index is 9.12. The molecule has 16 heavy (non-hydrogen) atoms. The molecule has 1 aromatic rings. The van der Waals surface area contributed by atoms with Crippen LogP contribution in [0.15, 0.2) is 24.3 Å². The number of rotatable bonds is 1. The van der Waals surface area contributed by atoms with Crippen LogP contribution in [-0.4, -0.2) is 12.7 Å². The van der Waals surface area contributed by atoms with Crippen molar-refractivity contribution in [3.63, 3.8) is 0 Å². The average molecular weight is 215 g/mol. The van der Waals surface area contributed by atoms with Crippen LogP contribution in [0.3, 0.4) is 0 Å². The normalized spacial score (nSPS) is 16.5. The number of hydrogen-bond acceptors (Lipinski definition) is 3. The first-order valence-corrected chi connectivity index (χ1v) is 5.06. The summed E-state index contributed by atoms with van der Waals surface area (Å²) < 4.78 is 10.9. The number of benzene rings is 1. The highest BCUT2D eigenvalue weighted by Crippen LogP contribution is 2.37. The van der Waals surface area contributed by atoms with Crippen molar-refractivity contribution in [3.05, 3.63) is 29.8 Å². The van der Waals surface area contributed by atoms with Crippen molar-refractivity contribution in [3.8, 4) is 17.6 Å². The molecule has 0 spiro atoms. The van der Waals surface area contributed by atoms with Crippen molar-refractivity contribution in [2.75, 3.05) is 7.11 Å². The van der Waals surface area contributed by atoms with E-state index >= 15 is 0 Å². The van der Waals surface area contributed by atoms with Crippen LogP contribution in [0.4, 0.5) is 0 Å². The molecule has 0 radical (unpaired) electrons. The highest BCUT2D eigenvalue weighted by atomic mass is 16.5. The minimum atomic E-state index is -0.438. The fraction of sp³-hybridized carbons (Fsp3) is 0.308. The van der Waals surface area contributed by atoms with Crippen LogP contribution in [0.5, 0.6) is 11.5 Å². The van der Waals surface area contributed by atoms with Gasteiger partial charge in [0.05, 0.1) is 18.8 Å². The van der Waals surface area contributed by atoms with E-state index in [1.165, 1.54) is 0 Å². The molecule has 0 bridgehead atoms. The molecule has 1 aromatic carbocycles. The summed E-state index contributed by atoms with van der Waals surface area (Å²) in [6.07, 6.45) is 1.83. The Balaban J connectivity index is 2.57. The summed E-state index contributed by atoms with van der Waals surface area (Å²) in [5.74, 6) is 1.45. The predicted molar refractivity (Wildman–Crippen MR) is 61.3 cm³/mol. The predicted octanol–water partition coefficient (Wildman–Crippen LogP) is 2.77. The summed E-state index contributed by atoms with van der Waals surface area (Å²) in [4.78, 5) is 0. The Morgan fingerprint density at radius 2 is 2.12 bits per heavy atom. The van der Waals surface area contributed by atoms with E-state index < -0.39 is 5.60 Å². The Labute approximate surface area is 94.9 Å². The second-order valence-corrected chi connectivity index (χ2v) is 4.24. The number of nitriles is 1. The molecule has 0 saturated heterocycles. The summed E-state index contributed by atoms with van der Waals surface area (Å²) in [5.41, 5.74) is 0.985. The van der Waals surface area contributed by atoms with Crippen LogP contribution >= 0.6 is 0 Å². The molecule has 0 aliphatic carbocycles. The van der Waals surface area contributed by atoms with Crippen LogP contribution in [0.25, 0.3) is 5.57 Å². The zero-order chi connectivity index (χ0) is 11.8. The van der Waals surface area contributed by atoms with E-state index in [-0.39, 0.29) is 0 Å². The van der Waals surface area contributed by atoms with Gasteiger partial charge in [0.1, 0.15) is 17.1 Å². The van der Waals surface area contributed by atoms with Gasteiger partial charge in [-0.2, -0.15) is 5.26 Å². The lowest BCUT2D eigenvalue weighted by Gasteiger charge is -2.29. The quantitative estimate of drug-likeness (QED) is 0.723. The summed E-state index contributed by atoms with van der Waals surface area (Å²) in [5, 5.41) is 9.12. The van der Waals surface area contributed by atoms with Gasteiger partial charge in [-0.1, -0.05) is 0 Å². The van der Waals surface area contributed by atoms with Crippen LogP contribution in [0.2, 0.25) is 0 Å². The minimum Gasteiger partial charge on any atom is -0.497 e. The summed E-state index contributed by atoms with van der Waals surface area (Å²) in [6.45, 7) is 3.86. The summed E-state index contributed by atoms with van der Waals surface area (Å²) in [6, 6.07) is 7.67. The van der Waals surface area contributed by atoms with Gasteiger partial charge in [-0.05, 0) is 38.1 Å². The van der Waals surface area contributed by atoms with E-state index in [0.717, 1.165) is 17.1 Å². The largest absolute Gasteiger partial charge is 0.497 e. The molecule has 2 rings (SSSR count). The van der Waals surface area contributed by atoms with Crippen molar-refractivity contribution in [1.82, 2.24) is 0 Å². The van der Waals surface area contributed by atoms with Crippen LogP contribution < -0.4 is 9.47 Å². The molecule has 3 heteroatoms. The second-order valence-electron chi connectivity index (χ2n) is 4.24. The Kier molecular flexibility index (Phi) is 2.35.